The maximum atomic E-state index is 14.5. The van der Waals surface area contributed by atoms with Crippen LogP contribution in [-0.2, 0) is 25.7 Å². The Hall–Kier alpha value is -4.73. The van der Waals surface area contributed by atoms with Gasteiger partial charge in [-0.15, -0.1) is 0 Å². The van der Waals surface area contributed by atoms with Gasteiger partial charge >= 0.3 is 0 Å². The van der Waals surface area contributed by atoms with Gasteiger partial charge in [-0.05, 0) is 166 Å². The highest BCUT2D eigenvalue weighted by molar-refractivity contribution is 5.97. The molecule has 10 bridgehead atoms. The first kappa shape index (κ1) is 36.6. The lowest BCUT2D eigenvalue weighted by Gasteiger charge is -2.56. The number of carbonyl (C=O) groups excluding carboxylic acids is 1. The van der Waals surface area contributed by atoms with E-state index in [-0.39, 0.29) is 23.5 Å². The van der Waals surface area contributed by atoms with Gasteiger partial charge in [0.25, 0.3) is 5.91 Å². The normalized spacial score (nSPS) is 27.4. The average Bonchev–Trinajstić information content (AvgIpc) is 3.19. The summed E-state index contributed by atoms with van der Waals surface area (Å²) in [5.74, 6) is 6.66. The van der Waals surface area contributed by atoms with Crippen LogP contribution < -0.4 is 29.0 Å². The van der Waals surface area contributed by atoms with E-state index in [1.807, 2.05) is 6.07 Å². The van der Waals surface area contributed by atoms with E-state index in [4.69, 9.17) is 23.7 Å². The molecule has 0 saturated heterocycles. The Morgan fingerprint density at radius 2 is 1.33 bits per heavy atom. The van der Waals surface area contributed by atoms with Crippen LogP contribution >= 0.6 is 0 Å². The molecule has 1 amide bonds. The lowest BCUT2D eigenvalue weighted by Crippen LogP contribution is -2.59. The van der Waals surface area contributed by atoms with Crippen molar-refractivity contribution in [2.24, 2.45) is 17.8 Å². The standard InChI is InChI=1S/C48H55N3O6/c1-50-14-12-33-22-41(53-3)42-24-37(33)38(50)19-28-6-9-35(10-7-28)56-40-21-29(8-11-36(40)47(52)49-48-25-30-16-31(26-48)18-32(17-30)27-48)20-39-44-34(13-15-51(39)2)23-43(54-4)45(55-5)46(44)57-42/h6-11,21-24,30-32,38-39H,12-20,25-27H2,1-5H3,(H,49,52)/t30?,31?,32?,38-,39+,48?/m0/s1. The summed E-state index contributed by atoms with van der Waals surface area (Å²) in [5, 5.41) is 3.62. The first-order valence-corrected chi connectivity index (χ1v) is 21.0. The Kier molecular flexibility index (Phi) is 9.17. The highest BCUT2D eigenvalue weighted by Crippen LogP contribution is 2.56. The Morgan fingerprint density at radius 3 is 2.02 bits per heavy atom. The molecule has 9 nitrogen and oxygen atoms in total. The molecule has 0 radical (unpaired) electrons. The Balaban J connectivity index is 1.11. The van der Waals surface area contributed by atoms with Gasteiger partial charge in [0, 0.05) is 36.3 Å². The molecule has 4 saturated carbocycles. The molecular formula is C48H55N3O6. The second-order valence-corrected chi connectivity index (χ2v) is 17.9. The Morgan fingerprint density at radius 1 is 0.702 bits per heavy atom. The van der Waals surface area contributed by atoms with Crippen molar-refractivity contribution in [2.45, 2.75) is 81.8 Å². The maximum absolute atomic E-state index is 14.5. The molecular weight excluding hydrogens is 715 g/mol. The number of hydrogen-bond acceptors (Lipinski definition) is 8. The molecule has 4 heterocycles. The van der Waals surface area contributed by atoms with Gasteiger partial charge in [0.15, 0.2) is 23.0 Å². The molecule has 9 heteroatoms. The predicted molar refractivity (Wildman–Crippen MR) is 219 cm³/mol. The summed E-state index contributed by atoms with van der Waals surface area (Å²) in [6, 6.07) is 21.1. The predicted octanol–water partition coefficient (Wildman–Crippen LogP) is 8.85. The van der Waals surface area contributed by atoms with Gasteiger partial charge in [0.1, 0.15) is 11.5 Å². The molecule has 2 atom stereocenters. The second-order valence-electron chi connectivity index (χ2n) is 17.9. The summed E-state index contributed by atoms with van der Waals surface area (Å²) in [6.45, 7) is 1.81. The van der Waals surface area contributed by atoms with Gasteiger partial charge in [0.05, 0.1) is 26.9 Å². The number of benzene rings is 4. The van der Waals surface area contributed by atoms with E-state index in [9.17, 15) is 4.79 Å². The summed E-state index contributed by atoms with van der Waals surface area (Å²) in [6.07, 6.45) is 10.5. The first-order chi connectivity index (χ1) is 27.7. The van der Waals surface area contributed by atoms with Crippen molar-refractivity contribution in [2.75, 3.05) is 48.5 Å². The van der Waals surface area contributed by atoms with E-state index in [1.54, 1.807) is 21.3 Å². The number of nitrogens with zero attached hydrogens (tertiary/aromatic N) is 2. The van der Waals surface area contributed by atoms with Gasteiger partial charge < -0.3 is 29.0 Å². The summed E-state index contributed by atoms with van der Waals surface area (Å²) in [5.41, 5.74) is 7.48. The minimum atomic E-state index is -0.105. The van der Waals surface area contributed by atoms with Crippen LogP contribution in [0.5, 0.6) is 40.2 Å². The number of hydrogen-bond donors (Lipinski definition) is 1. The van der Waals surface area contributed by atoms with E-state index >= 15 is 0 Å². The van der Waals surface area contributed by atoms with E-state index in [0.29, 0.717) is 46.5 Å². The molecule has 1 N–H and O–H groups in total. The highest BCUT2D eigenvalue weighted by Gasteiger charge is 2.51. The van der Waals surface area contributed by atoms with E-state index in [2.05, 4.69) is 83.8 Å². The fourth-order valence-electron chi connectivity index (χ4n) is 11.9. The molecule has 12 rings (SSSR count). The van der Waals surface area contributed by atoms with Crippen LogP contribution in [0.2, 0.25) is 0 Å². The van der Waals surface area contributed by atoms with Crippen LogP contribution in [0.3, 0.4) is 0 Å². The Bertz CT molecular complexity index is 2180. The van der Waals surface area contributed by atoms with Gasteiger partial charge in [0.2, 0.25) is 5.75 Å². The first-order valence-electron chi connectivity index (χ1n) is 21.0. The maximum Gasteiger partial charge on any atom is 0.255 e. The minimum Gasteiger partial charge on any atom is -0.493 e. The summed E-state index contributed by atoms with van der Waals surface area (Å²) in [4.78, 5) is 19.3. The number of rotatable bonds is 5. The van der Waals surface area contributed by atoms with Gasteiger partial charge in [-0.1, -0.05) is 18.2 Å². The minimum absolute atomic E-state index is 0.0314. The molecule has 4 aliphatic heterocycles. The molecule has 0 unspecified atom stereocenters. The number of carbonyl (C=O) groups is 1. The van der Waals surface area contributed by atoms with Crippen LogP contribution in [-0.4, -0.2) is 69.8 Å². The SMILES string of the molecule is COc1cc2c3cc1Oc1c(OC)c(OC)cc4c1[C@@H](Cc1ccc(C(=O)NC56CC7CC(CC(C7)C5)C6)c(c1)Oc1ccc(cc1)C[C@@H]3N(C)CC2)N(C)CC4. The third-order valence-electron chi connectivity index (χ3n) is 14.3. The zero-order chi connectivity index (χ0) is 39.0. The zero-order valence-corrected chi connectivity index (χ0v) is 34.0. The third kappa shape index (κ3) is 6.51. The van der Waals surface area contributed by atoms with Crippen molar-refractivity contribution in [3.05, 3.63) is 99.6 Å². The molecule has 4 aromatic rings. The van der Waals surface area contributed by atoms with Crippen molar-refractivity contribution in [3.8, 4) is 40.2 Å². The number of likely N-dealkylation sites (N-methyl/N-ethyl adjacent to an activating group) is 2. The molecule has 298 valence electrons. The van der Waals surface area contributed by atoms with Crippen molar-refractivity contribution in [1.29, 1.82) is 0 Å². The topological polar surface area (TPSA) is 81.7 Å². The second kappa shape index (κ2) is 14.3. The van der Waals surface area contributed by atoms with E-state index in [1.165, 1.54) is 36.0 Å². The molecule has 4 aliphatic carbocycles. The van der Waals surface area contributed by atoms with Crippen molar-refractivity contribution >= 4 is 5.91 Å². The average molecular weight is 770 g/mol. The fourth-order valence-corrected chi connectivity index (χ4v) is 11.9. The van der Waals surface area contributed by atoms with Crippen molar-refractivity contribution in [3.63, 3.8) is 0 Å². The smallest absolute Gasteiger partial charge is 0.255 e. The zero-order valence-electron chi connectivity index (χ0n) is 34.0. The largest absolute Gasteiger partial charge is 0.493 e. The van der Waals surface area contributed by atoms with E-state index < -0.39 is 0 Å². The molecule has 57 heavy (non-hydrogen) atoms. The van der Waals surface area contributed by atoms with Crippen molar-refractivity contribution in [1.82, 2.24) is 15.1 Å². The molecule has 4 aromatic carbocycles. The number of fused-ring (bicyclic) bond motifs is 2. The summed E-state index contributed by atoms with van der Waals surface area (Å²) < 4.78 is 32.0. The van der Waals surface area contributed by atoms with Crippen LogP contribution in [0.15, 0.2) is 60.7 Å². The van der Waals surface area contributed by atoms with Crippen molar-refractivity contribution < 1.29 is 28.5 Å². The third-order valence-corrected chi connectivity index (χ3v) is 14.3. The van der Waals surface area contributed by atoms with Crippen LogP contribution in [0.1, 0.15) is 94.3 Å². The summed E-state index contributed by atoms with van der Waals surface area (Å²) in [7, 11) is 9.44. The molecule has 4 fully saturated rings. The van der Waals surface area contributed by atoms with Crippen LogP contribution in [0.25, 0.3) is 0 Å². The lowest BCUT2D eigenvalue weighted by molar-refractivity contribution is -0.0167. The number of ether oxygens (including phenoxy) is 5. The monoisotopic (exact) mass is 769 g/mol. The Labute approximate surface area is 336 Å². The van der Waals surface area contributed by atoms with Gasteiger partial charge in [-0.2, -0.15) is 0 Å². The molecule has 0 aromatic heterocycles. The quantitative estimate of drug-likeness (QED) is 0.216. The van der Waals surface area contributed by atoms with Crippen LogP contribution in [0.4, 0.5) is 0 Å². The van der Waals surface area contributed by atoms with Crippen LogP contribution in [0, 0.1) is 17.8 Å². The lowest BCUT2D eigenvalue weighted by atomic mass is 9.53. The van der Waals surface area contributed by atoms with Gasteiger partial charge in [-0.25, -0.2) is 0 Å². The highest BCUT2D eigenvalue weighted by atomic mass is 16.5. The van der Waals surface area contributed by atoms with Gasteiger partial charge in [-0.3, -0.25) is 14.6 Å². The number of amides is 1. The molecule has 0 spiro atoms. The van der Waals surface area contributed by atoms with E-state index in [0.717, 1.165) is 91.8 Å². The molecule has 8 aliphatic rings. The fraction of sp³-hybridized carbons (Fsp3) is 0.479. The number of methoxy groups -OCH3 is 3. The summed E-state index contributed by atoms with van der Waals surface area (Å²) >= 11 is 0. The number of nitrogens with one attached hydrogen (secondary N) is 1.